The molecule has 3 aromatic rings. The molecule has 1 heterocycles. The number of hydrogen-bond acceptors (Lipinski definition) is 5. The van der Waals surface area contributed by atoms with Crippen LogP contribution < -0.4 is 9.64 Å². The molecular formula is C23H18N2O5S. The van der Waals surface area contributed by atoms with Crippen LogP contribution in [0.25, 0.3) is 6.08 Å². The predicted molar refractivity (Wildman–Crippen MR) is 118 cm³/mol. The summed E-state index contributed by atoms with van der Waals surface area (Å²) in [6.07, 6.45) is 1.65. The minimum absolute atomic E-state index is 0.210. The number of carbonyl (C=O) groups excluding carboxylic acids is 1. The summed E-state index contributed by atoms with van der Waals surface area (Å²) in [6.45, 7) is 0. The van der Waals surface area contributed by atoms with Crippen molar-refractivity contribution in [1.29, 1.82) is 0 Å². The first kappa shape index (κ1) is 20.5. The number of anilines is 1. The van der Waals surface area contributed by atoms with Crippen LogP contribution in [-0.4, -0.2) is 31.8 Å². The minimum atomic E-state index is -4.34. The van der Waals surface area contributed by atoms with Crippen molar-refractivity contribution in [3.63, 3.8) is 0 Å². The first-order chi connectivity index (χ1) is 14.9. The average molecular weight is 434 g/mol. The fourth-order valence-corrected chi connectivity index (χ4v) is 3.72. The Hall–Kier alpha value is -3.75. The van der Waals surface area contributed by atoms with Crippen LogP contribution in [0.2, 0.25) is 0 Å². The first-order valence-electron chi connectivity index (χ1n) is 9.29. The Bertz CT molecular complexity index is 1300. The number of rotatable bonds is 5. The number of amidine groups is 1. The standard InChI is InChI=1S/C23H18N2O5S/c1-30-21-10-6-5-9-17(21)15-20-23(26)25(22(24-20)16-7-3-2-4-8-16)18-11-13-19(14-12-18)31(27,28)29/h2-15H,1H3,(H,27,28,29)/b20-15+. The Morgan fingerprint density at radius 3 is 2.23 bits per heavy atom. The molecule has 8 heteroatoms. The number of amides is 1. The molecule has 1 N–H and O–H groups in total. The third-order valence-electron chi connectivity index (χ3n) is 4.72. The zero-order valence-electron chi connectivity index (χ0n) is 16.5. The van der Waals surface area contributed by atoms with Crippen LogP contribution in [0.4, 0.5) is 5.69 Å². The summed E-state index contributed by atoms with van der Waals surface area (Å²) < 4.78 is 37.3. The molecule has 0 radical (unpaired) electrons. The van der Waals surface area contributed by atoms with E-state index in [1.54, 1.807) is 19.3 Å². The van der Waals surface area contributed by atoms with E-state index in [0.717, 1.165) is 5.56 Å². The maximum Gasteiger partial charge on any atom is 0.294 e. The average Bonchev–Trinajstić information content (AvgIpc) is 3.10. The van der Waals surface area contributed by atoms with Crippen LogP contribution in [0.15, 0.2) is 94.4 Å². The van der Waals surface area contributed by atoms with Crippen molar-refractivity contribution < 1.29 is 22.5 Å². The molecule has 0 aliphatic carbocycles. The Morgan fingerprint density at radius 1 is 0.935 bits per heavy atom. The highest BCUT2D eigenvalue weighted by Crippen LogP contribution is 2.30. The molecule has 31 heavy (non-hydrogen) atoms. The molecule has 0 fully saturated rings. The summed E-state index contributed by atoms with van der Waals surface area (Å²) in [7, 11) is -2.79. The first-order valence-corrected chi connectivity index (χ1v) is 10.7. The molecule has 0 atom stereocenters. The van der Waals surface area contributed by atoms with E-state index in [0.29, 0.717) is 22.8 Å². The van der Waals surface area contributed by atoms with Gasteiger partial charge in [-0.1, -0.05) is 48.5 Å². The second-order valence-corrected chi connectivity index (χ2v) is 8.10. The second-order valence-electron chi connectivity index (χ2n) is 6.68. The number of carbonyl (C=O) groups is 1. The Labute approximate surface area is 179 Å². The number of benzene rings is 3. The van der Waals surface area contributed by atoms with E-state index >= 15 is 0 Å². The van der Waals surface area contributed by atoms with Crippen LogP contribution in [0.1, 0.15) is 11.1 Å². The van der Waals surface area contributed by atoms with Gasteiger partial charge in [-0.25, -0.2) is 4.99 Å². The number of ether oxygens (including phenoxy) is 1. The molecule has 0 bridgehead atoms. The Morgan fingerprint density at radius 2 is 1.58 bits per heavy atom. The third-order valence-corrected chi connectivity index (χ3v) is 5.58. The van der Waals surface area contributed by atoms with Gasteiger partial charge in [-0.3, -0.25) is 14.2 Å². The zero-order chi connectivity index (χ0) is 22.0. The summed E-state index contributed by atoms with van der Waals surface area (Å²) in [5.74, 6) is 0.644. The molecule has 0 saturated heterocycles. The van der Waals surface area contributed by atoms with Crippen molar-refractivity contribution in [3.8, 4) is 5.75 Å². The van der Waals surface area contributed by atoms with Gasteiger partial charge in [0.15, 0.2) is 0 Å². The van der Waals surface area contributed by atoms with Crippen molar-refractivity contribution in [2.45, 2.75) is 4.90 Å². The highest BCUT2D eigenvalue weighted by molar-refractivity contribution is 7.85. The van der Waals surface area contributed by atoms with Gasteiger partial charge in [0.25, 0.3) is 16.0 Å². The molecule has 7 nitrogen and oxygen atoms in total. The molecule has 1 aliphatic heterocycles. The van der Waals surface area contributed by atoms with E-state index in [2.05, 4.69) is 4.99 Å². The van der Waals surface area contributed by atoms with Gasteiger partial charge in [0.1, 0.15) is 17.3 Å². The number of para-hydroxylation sites is 1. The van der Waals surface area contributed by atoms with Crippen molar-refractivity contribution in [2.75, 3.05) is 12.0 Å². The van der Waals surface area contributed by atoms with Gasteiger partial charge in [-0.2, -0.15) is 8.42 Å². The molecule has 0 saturated carbocycles. The Balaban J connectivity index is 1.82. The van der Waals surface area contributed by atoms with Crippen molar-refractivity contribution in [1.82, 2.24) is 0 Å². The molecular weight excluding hydrogens is 416 g/mol. The van der Waals surface area contributed by atoms with Crippen molar-refractivity contribution in [2.24, 2.45) is 4.99 Å². The summed E-state index contributed by atoms with van der Waals surface area (Å²) in [5, 5.41) is 0. The van der Waals surface area contributed by atoms with E-state index in [9.17, 15) is 17.8 Å². The van der Waals surface area contributed by atoms with Gasteiger partial charge < -0.3 is 4.74 Å². The maximum atomic E-state index is 13.3. The number of aliphatic imine (C=N–C) groups is 1. The van der Waals surface area contributed by atoms with Gasteiger partial charge >= 0.3 is 0 Å². The fourth-order valence-electron chi connectivity index (χ4n) is 3.24. The SMILES string of the molecule is COc1ccccc1/C=C1/N=C(c2ccccc2)N(c2ccc(S(=O)(=O)O)cc2)C1=O. The number of nitrogens with zero attached hydrogens (tertiary/aromatic N) is 2. The van der Waals surface area contributed by atoms with E-state index in [1.165, 1.54) is 29.2 Å². The van der Waals surface area contributed by atoms with Crippen LogP contribution in [0, 0.1) is 0 Å². The summed E-state index contributed by atoms with van der Waals surface area (Å²) >= 11 is 0. The highest BCUT2D eigenvalue weighted by Gasteiger charge is 2.32. The monoisotopic (exact) mass is 434 g/mol. The Kier molecular flexibility index (Phi) is 5.41. The molecule has 1 amide bonds. The lowest BCUT2D eigenvalue weighted by Crippen LogP contribution is -2.32. The van der Waals surface area contributed by atoms with Gasteiger partial charge in [0.2, 0.25) is 0 Å². The summed E-state index contributed by atoms with van der Waals surface area (Å²) in [5.41, 5.74) is 2.05. The van der Waals surface area contributed by atoms with E-state index in [1.807, 2.05) is 48.5 Å². The van der Waals surface area contributed by atoms with Crippen molar-refractivity contribution in [3.05, 3.63) is 95.7 Å². The van der Waals surface area contributed by atoms with Crippen LogP contribution >= 0.6 is 0 Å². The van der Waals surface area contributed by atoms with E-state index in [4.69, 9.17) is 4.74 Å². The smallest absolute Gasteiger partial charge is 0.294 e. The fraction of sp³-hybridized carbons (Fsp3) is 0.0435. The number of methoxy groups -OCH3 is 1. The zero-order valence-corrected chi connectivity index (χ0v) is 17.3. The predicted octanol–water partition coefficient (Wildman–Crippen LogP) is 3.78. The third kappa shape index (κ3) is 4.11. The molecule has 4 rings (SSSR count). The van der Waals surface area contributed by atoms with Crippen LogP contribution in [0.3, 0.4) is 0 Å². The minimum Gasteiger partial charge on any atom is -0.496 e. The molecule has 156 valence electrons. The highest BCUT2D eigenvalue weighted by atomic mass is 32.2. The molecule has 3 aromatic carbocycles. The lowest BCUT2D eigenvalue weighted by Gasteiger charge is -2.18. The number of hydrogen-bond donors (Lipinski definition) is 1. The molecule has 1 aliphatic rings. The largest absolute Gasteiger partial charge is 0.496 e. The van der Waals surface area contributed by atoms with Crippen LogP contribution in [-0.2, 0) is 14.9 Å². The van der Waals surface area contributed by atoms with Crippen molar-refractivity contribution >= 4 is 33.6 Å². The normalized spacial score (nSPS) is 15.3. The maximum absolute atomic E-state index is 13.3. The molecule has 0 spiro atoms. The van der Waals surface area contributed by atoms with E-state index in [-0.39, 0.29) is 16.5 Å². The van der Waals surface area contributed by atoms with Gasteiger partial charge in [-0.15, -0.1) is 0 Å². The van der Waals surface area contributed by atoms with Gasteiger partial charge in [0, 0.05) is 11.1 Å². The van der Waals surface area contributed by atoms with E-state index < -0.39 is 10.1 Å². The van der Waals surface area contributed by atoms with Gasteiger partial charge in [0.05, 0.1) is 17.7 Å². The quantitative estimate of drug-likeness (QED) is 0.487. The topological polar surface area (TPSA) is 96.3 Å². The molecule has 0 unspecified atom stereocenters. The summed E-state index contributed by atoms with van der Waals surface area (Å²) in [4.78, 5) is 19.0. The summed E-state index contributed by atoms with van der Waals surface area (Å²) in [6, 6.07) is 21.9. The van der Waals surface area contributed by atoms with Crippen LogP contribution in [0.5, 0.6) is 5.75 Å². The lowest BCUT2D eigenvalue weighted by molar-refractivity contribution is -0.113. The second kappa shape index (κ2) is 8.17. The molecule has 0 aromatic heterocycles. The lowest BCUT2D eigenvalue weighted by atomic mass is 10.1. The van der Waals surface area contributed by atoms with Gasteiger partial charge in [-0.05, 0) is 36.4 Å².